The minimum absolute atomic E-state index is 0.0139. The number of methoxy groups -OCH3 is 1. The number of likely N-dealkylation sites (tertiary alicyclic amines) is 1. The average Bonchev–Trinajstić information content (AvgIpc) is 3.61. The number of anilines is 1. The number of hydrogen-bond donors (Lipinski definition) is 1. The number of nitrogens with one attached hydrogen (secondary N) is 1. The fraction of sp³-hybridized carbons (Fsp3) is 0.212. The number of aromatic nitrogens is 3. The van der Waals surface area contributed by atoms with Gasteiger partial charge in [-0.15, -0.1) is 0 Å². The van der Waals surface area contributed by atoms with E-state index in [2.05, 4.69) is 21.0 Å². The number of H-pyrrole nitrogens is 1. The molecule has 42 heavy (non-hydrogen) atoms. The summed E-state index contributed by atoms with van der Waals surface area (Å²) < 4.78 is 19.3. The van der Waals surface area contributed by atoms with E-state index in [1.165, 1.54) is 19.4 Å². The summed E-state index contributed by atoms with van der Waals surface area (Å²) in [6.45, 7) is 1.60. The van der Waals surface area contributed by atoms with Crippen molar-refractivity contribution in [2.24, 2.45) is 0 Å². The number of amides is 2. The molecule has 9 heteroatoms. The van der Waals surface area contributed by atoms with Gasteiger partial charge in [0.2, 0.25) is 5.88 Å². The van der Waals surface area contributed by atoms with Crippen molar-refractivity contribution in [1.82, 2.24) is 19.9 Å². The van der Waals surface area contributed by atoms with E-state index in [0.29, 0.717) is 38.0 Å². The molecule has 2 aromatic heterocycles. The Labute approximate surface area is 241 Å². The van der Waals surface area contributed by atoms with Crippen LogP contribution in [-0.4, -0.2) is 58.4 Å². The van der Waals surface area contributed by atoms with Crippen molar-refractivity contribution in [3.05, 3.63) is 108 Å². The third-order valence-corrected chi connectivity index (χ3v) is 8.52. The first-order valence-electron chi connectivity index (χ1n) is 13.9. The van der Waals surface area contributed by atoms with Crippen LogP contribution in [0.15, 0.2) is 85.1 Å². The molecule has 3 aromatic carbocycles. The number of halogens is 1. The number of aromatic amines is 1. The summed E-state index contributed by atoms with van der Waals surface area (Å²) >= 11 is 0. The van der Waals surface area contributed by atoms with Crippen molar-refractivity contribution in [1.29, 1.82) is 0 Å². The maximum Gasteiger partial charge on any atom is 0.259 e. The Balaban J connectivity index is 1.07. The average molecular weight is 562 g/mol. The van der Waals surface area contributed by atoms with Crippen LogP contribution >= 0.6 is 0 Å². The third kappa shape index (κ3) is 4.29. The maximum absolute atomic E-state index is 14.4. The molecular weight excluding hydrogens is 533 g/mol. The van der Waals surface area contributed by atoms with E-state index in [4.69, 9.17) is 4.74 Å². The number of pyridine rings is 1. The van der Waals surface area contributed by atoms with Gasteiger partial charge >= 0.3 is 0 Å². The summed E-state index contributed by atoms with van der Waals surface area (Å²) in [5, 5.41) is 0. The number of para-hydroxylation sites is 3. The van der Waals surface area contributed by atoms with E-state index >= 15 is 0 Å². The molecule has 2 aliphatic rings. The van der Waals surface area contributed by atoms with Gasteiger partial charge in [0.1, 0.15) is 5.82 Å². The Kier molecular flexibility index (Phi) is 6.22. The van der Waals surface area contributed by atoms with Crippen LogP contribution in [0.3, 0.4) is 0 Å². The van der Waals surface area contributed by atoms with Crippen LogP contribution in [0.25, 0.3) is 22.4 Å². The molecule has 1 spiro atoms. The lowest BCUT2D eigenvalue weighted by Crippen LogP contribution is -2.47. The smallest absolute Gasteiger partial charge is 0.259 e. The number of fused-ring (bicyclic) bond motifs is 3. The number of ether oxygens (including phenoxy) is 1. The Bertz CT molecular complexity index is 1790. The summed E-state index contributed by atoms with van der Waals surface area (Å²) in [6.07, 6.45) is 2.77. The normalized spacial score (nSPS) is 15.7. The van der Waals surface area contributed by atoms with Crippen LogP contribution in [0.5, 0.6) is 5.88 Å². The van der Waals surface area contributed by atoms with Crippen molar-refractivity contribution >= 4 is 28.5 Å². The monoisotopic (exact) mass is 561 g/mol. The second kappa shape index (κ2) is 10.1. The number of hydrogen-bond acceptors (Lipinski definition) is 5. The molecular formula is C33H28FN5O3. The van der Waals surface area contributed by atoms with E-state index in [1.807, 2.05) is 71.6 Å². The van der Waals surface area contributed by atoms with E-state index in [1.54, 1.807) is 4.90 Å². The summed E-state index contributed by atoms with van der Waals surface area (Å²) in [5.74, 6) is -0.382. The number of imidazole rings is 1. The molecule has 1 fully saturated rings. The van der Waals surface area contributed by atoms with Gasteiger partial charge in [-0.2, -0.15) is 0 Å². The zero-order valence-electron chi connectivity index (χ0n) is 23.0. The van der Waals surface area contributed by atoms with Crippen molar-refractivity contribution in [3.63, 3.8) is 0 Å². The number of benzene rings is 3. The van der Waals surface area contributed by atoms with Crippen LogP contribution in [0.2, 0.25) is 0 Å². The van der Waals surface area contributed by atoms with Gasteiger partial charge < -0.3 is 19.5 Å². The van der Waals surface area contributed by atoms with Gasteiger partial charge in [0.15, 0.2) is 5.82 Å². The molecule has 210 valence electrons. The fourth-order valence-corrected chi connectivity index (χ4v) is 6.27. The van der Waals surface area contributed by atoms with Crippen molar-refractivity contribution in [3.8, 4) is 17.3 Å². The van der Waals surface area contributed by atoms with Gasteiger partial charge in [-0.05, 0) is 54.8 Å². The predicted octanol–water partition coefficient (Wildman–Crippen LogP) is 5.61. The number of piperidine rings is 1. The van der Waals surface area contributed by atoms with Crippen LogP contribution in [0, 0.1) is 5.82 Å². The summed E-state index contributed by atoms with van der Waals surface area (Å²) in [5.41, 5.74) is 5.20. The second-order valence-electron chi connectivity index (χ2n) is 10.9. The molecule has 1 saturated heterocycles. The van der Waals surface area contributed by atoms with Crippen LogP contribution < -0.4 is 9.64 Å². The van der Waals surface area contributed by atoms with Gasteiger partial charge in [0, 0.05) is 48.1 Å². The van der Waals surface area contributed by atoms with E-state index < -0.39 is 5.82 Å². The van der Waals surface area contributed by atoms with Gasteiger partial charge in [-0.25, -0.2) is 14.4 Å². The SMILES string of the molecule is COc1ncc(C(=O)N2CC3(CCN(C(=O)c4ccc(-c5nc6ccccc6[nH]5)cc4)CC3)c3ccccc32)cc1F. The first-order valence-corrected chi connectivity index (χ1v) is 13.9. The largest absolute Gasteiger partial charge is 0.479 e. The van der Waals surface area contributed by atoms with Gasteiger partial charge in [0.25, 0.3) is 11.8 Å². The molecule has 0 atom stereocenters. The highest BCUT2D eigenvalue weighted by Crippen LogP contribution is 2.47. The van der Waals surface area contributed by atoms with Crippen molar-refractivity contribution in [2.75, 3.05) is 31.6 Å². The van der Waals surface area contributed by atoms with Crippen LogP contribution in [0.1, 0.15) is 39.1 Å². The van der Waals surface area contributed by atoms with E-state index in [9.17, 15) is 14.0 Å². The highest BCUT2D eigenvalue weighted by Gasteiger charge is 2.47. The predicted molar refractivity (Wildman–Crippen MR) is 157 cm³/mol. The Morgan fingerprint density at radius 1 is 0.929 bits per heavy atom. The molecule has 4 heterocycles. The number of nitrogens with zero attached hydrogens (tertiary/aromatic N) is 4. The molecule has 0 unspecified atom stereocenters. The molecule has 1 N–H and O–H groups in total. The van der Waals surface area contributed by atoms with Crippen molar-refractivity contribution in [2.45, 2.75) is 18.3 Å². The molecule has 0 radical (unpaired) electrons. The summed E-state index contributed by atoms with van der Waals surface area (Å²) in [4.78, 5) is 42.5. The molecule has 0 aliphatic carbocycles. The van der Waals surface area contributed by atoms with E-state index in [-0.39, 0.29) is 28.7 Å². The maximum atomic E-state index is 14.4. The minimum atomic E-state index is -0.678. The molecule has 5 aromatic rings. The summed E-state index contributed by atoms with van der Waals surface area (Å²) in [7, 11) is 1.34. The highest BCUT2D eigenvalue weighted by molar-refractivity contribution is 6.07. The lowest BCUT2D eigenvalue weighted by Gasteiger charge is -2.40. The minimum Gasteiger partial charge on any atom is -0.479 e. The Hall–Kier alpha value is -5.05. The van der Waals surface area contributed by atoms with Gasteiger partial charge in [-0.1, -0.05) is 42.5 Å². The first kappa shape index (κ1) is 25.9. The lowest BCUT2D eigenvalue weighted by molar-refractivity contribution is 0.0671. The molecule has 2 aliphatic heterocycles. The lowest BCUT2D eigenvalue weighted by atomic mass is 9.74. The molecule has 2 amide bonds. The Morgan fingerprint density at radius 3 is 2.40 bits per heavy atom. The molecule has 8 nitrogen and oxygen atoms in total. The third-order valence-electron chi connectivity index (χ3n) is 8.52. The van der Waals surface area contributed by atoms with E-state index in [0.717, 1.165) is 33.7 Å². The topological polar surface area (TPSA) is 91.4 Å². The number of carbonyl (C=O) groups is 2. The second-order valence-corrected chi connectivity index (χ2v) is 10.9. The zero-order chi connectivity index (χ0) is 28.8. The fourth-order valence-electron chi connectivity index (χ4n) is 6.27. The first-order chi connectivity index (χ1) is 20.5. The van der Waals surface area contributed by atoms with Crippen LogP contribution in [-0.2, 0) is 5.41 Å². The standard InChI is InChI=1S/C33H28FN5O3/c1-42-30-25(34)18-23(19-35-30)32(41)39-20-33(24-6-2-5-9-28(24)39)14-16-38(17-15-33)31(40)22-12-10-21(11-13-22)29-36-26-7-3-4-8-27(26)37-29/h2-13,18-19H,14-17,20H2,1H3,(H,36,37). The number of carbonyl (C=O) groups excluding carboxylic acids is 2. The summed E-state index contributed by atoms with van der Waals surface area (Å²) in [6, 6.07) is 24.4. The van der Waals surface area contributed by atoms with Crippen LogP contribution in [0.4, 0.5) is 10.1 Å². The molecule has 0 saturated carbocycles. The number of rotatable bonds is 4. The quantitative estimate of drug-likeness (QED) is 0.308. The molecule has 7 rings (SSSR count). The zero-order valence-corrected chi connectivity index (χ0v) is 23.0. The van der Waals surface area contributed by atoms with Gasteiger partial charge in [0.05, 0.1) is 23.7 Å². The van der Waals surface area contributed by atoms with Gasteiger partial charge in [-0.3, -0.25) is 9.59 Å². The highest BCUT2D eigenvalue weighted by atomic mass is 19.1. The molecule has 0 bridgehead atoms. The van der Waals surface area contributed by atoms with Crippen molar-refractivity contribution < 1.29 is 18.7 Å². The Morgan fingerprint density at radius 2 is 1.67 bits per heavy atom.